The van der Waals surface area contributed by atoms with Gasteiger partial charge in [-0.3, -0.25) is 0 Å². The number of para-hydroxylation sites is 1. The molecule has 88 valence electrons. The summed E-state index contributed by atoms with van der Waals surface area (Å²) in [5.41, 5.74) is 8.57. The Hall–Kier alpha value is -1.13. The predicted molar refractivity (Wildman–Crippen MR) is 76.7 cm³/mol. The van der Waals surface area contributed by atoms with Crippen LogP contribution in [0.25, 0.3) is 0 Å². The SMILES string of the molecule is Nc1cc(SN2CCCc3ccccc32)cs1. The van der Waals surface area contributed by atoms with Gasteiger partial charge in [0.25, 0.3) is 0 Å². The molecule has 0 aliphatic carbocycles. The number of nitrogen functional groups attached to an aromatic ring is 1. The number of thiophene rings is 1. The van der Waals surface area contributed by atoms with Crippen molar-refractivity contribution in [3.8, 4) is 0 Å². The summed E-state index contributed by atoms with van der Waals surface area (Å²) < 4.78 is 2.38. The molecule has 0 saturated heterocycles. The molecule has 2 aromatic rings. The van der Waals surface area contributed by atoms with Crippen molar-refractivity contribution in [3.05, 3.63) is 41.3 Å². The number of benzene rings is 1. The van der Waals surface area contributed by atoms with E-state index in [0.29, 0.717) is 0 Å². The Morgan fingerprint density at radius 2 is 2.18 bits per heavy atom. The Morgan fingerprint density at radius 1 is 1.29 bits per heavy atom. The van der Waals surface area contributed by atoms with Gasteiger partial charge in [-0.15, -0.1) is 11.3 Å². The zero-order valence-electron chi connectivity index (χ0n) is 9.43. The molecule has 0 fully saturated rings. The van der Waals surface area contributed by atoms with E-state index >= 15 is 0 Å². The molecule has 1 aliphatic heterocycles. The highest BCUT2D eigenvalue weighted by molar-refractivity contribution is 8.00. The fourth-order valence-corrected chi connectivity index (χ4v) is 3.94. The maximum absolute atomic E-state index is 5.77. The molecule has 0 spiro atoms. The Bertz CT molecular complexity index is 522. The van der Waals surface area contributed by atoms with E-state index < -0.39 is 0 Å². The average molecular weight is 262 g/mol. The minimum atomic E-state index is 0.887. The molecule has 4 heteroatoms. The topological polar surface area (TPSA) is 29.3 Å². The second-order valence-electron chi connectivity index (χ2n) is 4.11. The van der Waals surface area contributed by atoms with E-state index in [1.54, 1.807) is 23.3 Å². The first kappa shape index (κ1) is 11.0. The van der Waals surface area contributed by atoms with Crippen molar-refractivity contribution in [2.24, 2.45) is 0 Å². The summed E-state index contributed by atoms with van der Waals surface area (Å²) in [5.74, 6) is 0. The summed E-state index contributed by atoms with van der Waals surface area (Å²) in [6.07, 6.45) is 2.42. The molecule has 0 saturated carbocycles. The van der Waals surface area contributed by atoms with E-state index in [2.05, 4.69) is 34.0 Å². The highest BCUT2D eigenvalue weighted by atomic mass is 32.2. The van der Waals surface area contributed by atoms with Gasteiger partial charge in [-0.25, -0.2) is 0 Å². The number of nitrogens with zero attached hydrogens (tertiary/aromatic N) is 1. The smallest absolute Gasteiger partial charge is 0.0868 e. The van der Waals surface area contributed by atoms with Crippen LogP contribution in [0.15, 0.2) is 40.6 Å². The van der Waals surface area contributed by atoms with Gasteiger partial charge in [-0.1, -0.05) is 18.2 Å². The monoisotopic (exact) mass is 262 g/mol. The van der Waals surface area contributed by atoms with E-state index in [1.165, 1.54) is 29.0 Å². The zero-order valence-corrected chi connectivity index (χ0v) is 11.1. The van der Waals surface area contributed by atoms with Gasteiger partial charge in [0.2, 0.25) is 0 Å². The first-order chi connectivity index (χ1) is 8.33. The van der Waals surface area contributed by atoms with Crippen LogP contribution in [-0.2, 0) is 6.42 Å². The molecule has 2 nitrogen and oxygen atoms in total. The van der Waals surface area contributed by atoms with Gasteiger partial charge in [0.15, 0.2) is 0 Å². The number of anilines is 2. The van der Waals surface area contributed by atoms with E-state index in [4.69, 9.17) is 5.73 Å². The van der Waals surface area contributed by atoms with Crippen LogP contribution < -0.4 is 10.0 Å². The van der Waals surface area contributed by atoms with Crippen LogP contribution in [-0.4, -0.2) is 6.54 Å². The van der Waals surface area contributed by atoms with Gasteiger partial charge in [0.1, 0.15) is 0 Å². The molecular formula is C13H14N2S2. The van der Waals surface area contributed by atoms with Gasteiger partial charge in [-0.05, 0) is 42.5 Å². The van der Waals surface area contributed by atoms with Crippen molar-refractivity contribution < 1.29 is 0 Å². The molecule has 0 radical (unpaired) electrons. The first-order valence-electron chi connectivity index (χ1n) is 5.70. The summed E-state index contributed by atoms with van der Waals surface area (Å²) in [6.45, 7) is 1.11. The Morgan fingerprint density at radius 3 is 3.00 bits per heavy atom. The zero-order chi connectivity index (χ0) is 11.7. The van der Waals surface area contributed by atoms with Crippen LogP contribution in [0, 0.1) is 0 Å². The molecule has 1 aromatic carbocycles. The van der Waals surface area contributed by atoms with Crippen molar-refractivity contribution in [3.63, 3.8) is 0 Å². The highest BCUT2D eigenvalue weighted by Gasteiger charge is 2.17. The van der Waals surface area contributed by atoms with Crippen LogP contribution in [0.1, 0.15) is 12.0 Å². The molecular weight excluding hydrogens is 248 g/mol. The Labute approximate surface area is 110 Å². The van der Waals surface area contributed by atoms with Gasteiger partial charge < -0.3 is 10.0 Å². The first-order valence-corrected chi connectivity index (χ1v) is 7.36. The lowest BCUT2D eigenvalue weighted by Crippen LogP contribution is -2.22. The molecule has 0 unspecified atom stereocenters. The largest absolute Gasteiger partial charge is 0.391 e. The van der Waals surface area contributed by atoms with Gasteiger partial charge in [-0.2, -0.15) is 0 Å². The third kappa shape index (κ3) is 2.28. The normalized spacial score (nSPS) is 14.7. The Balaban J connectivity index is 1.85. The van der Waals surface area contributed by atoms with Crippen molar-refractivity contribution in [1.82, 2.24) is 0 Å². The molecule has 1 aromatic heterocycles. The number of nitrogens with two attached hydrogens (primary N) is 1. The van der Waals surface area contributed by atoms with Crippen LogP contribution >= 0.6 is 23.3 Å². The van der Waals surface area contributed by atoms with E-state index in [-0.39, 0.29) is 0 Å². The molecule has 1 aliphatic rings. The molecule has 2 N–H and O–H groups in total. The van der Waals surface area contributed by atoms with Crippen LogP contribution in [0.4, 0.5) is 10.7 Å². The number of hydrogen-bond donors (Lipinski definition) is 1. The Kier molecular flexibility index (Phi) is 2.99. The van der Waals surface area contributed by atoms with Crippen LogP contribution in [0.2, 0.25) is 0 Å². The van der Waals surface area contributed by atoms with Crippen molar-refractivity contribution in [2.45, 2.75) is 17.7 Å². The fraction of sp³-hybridized carbons (Fsp3) is 0.231. The third-order valence-electron chi connectivity index (χ3n) is 2.88. The lowest BCUT2D eigenvalue weighted by atomic mass is 10.0. The van der Waals surface area contributed by atoms with E-state index in [1.807, 2.05) is 6.07 Å². The number of aryl methyl sites for hydroxylation is 1. The van der Waals surface area contributed by atoms with Crippen LogP contribution in [0.5, 0.6) is 0 Å². The van der Waals surface area contributed by atoms with Gasteiger partial charge in [0, 0.05) is 16.8 Å². The summed E-state index contributed by atoms with van der Waals surface area (Å²) in [7, 11) is 0. The molecule has 3 rings (SSSR count). The van der Waals surface area contributed by atoms with Crippen molar-refractivity contribution in [2.75, 3.05) is 16.6 Å². The molecule has 2 heterocycles. The third-order valence-corrected chi connectivity index (χ3v) is 4.84. The van der Waals surface area contributed by atoms with E-state index in [0.717, 1.165) is 11.5 Å². The summed E-state index contributed by atoms with van der Waals surface area (Å²) in [5, 5.41) is 3.01. The lowest BCUT2D eigenvalue weighted by molar-refractivity contribution is 0.795. The molecule has 0 atom stereocenters. The maximum atomic E-state index is 5.77. The van der Waals surface area contributed by atoms with Gasteiger partial charge in [0.05, 0.1) is 10.7 Å². The number of rotatable bonds is 2. The molecule has 0 amide bonds. The minimum absolute atomic E-state index is 0.887. The summed E-state index contributed by atoms with van der Waals surface area (Å²) in [6, 6.07) is 10.7. The van der Waals surface area contributed by atoms with E-state index in [9.17, 15) is 0 Å². The highest BCUT2D eigenvalue weighted by Crippen LogP contribution is 2.37. The fourth-order valence-electron chi connectivity index (χ4n) is 2.10. The van der Waals surface area contributed by atoms with Crippen molar-refractivity contribution >= 4 is 34.0 Å². The summed E-state index contributed by atoms with van der Waals surface area (Å²) in [4.78, 5) is 1.24. The number of hydrogen-bond acceptors (Lipinski definition) is 4. The van der Waals surface area contributed by atoms with Crippen LogP contribution in [0.3, 0.4) is 0 Å². The standard InChI is InChI=1S/C13H14N2S2/c14-13-8-11(9-16-13)17-15-7-3-5-10-4-1-2-6-12(10)15/h1-2,4,6,8-9H,3,5,7,14H2. The second-order valence-corrected chi connectivity index (χ2v) is 6.15. The molecule has 0 bridgehead atoms. The van der Waals surface area contributed by atoms with Gasteiger partial charge >= 0.3 is 0 Å². The predicted octanol–water partition coefficient (Wildman–Crippen LogP) is 3.79. The quantitative estimate of drug-likeness (QED) is 0.835. The average Bonchev–Trinajstić information content (AvgIpc) is 2.75. The minimum Gasteiger partial charge on any atom is -0.391 e. The van der Waals surface area contributed by atoms with Crippen molar-refractivity contribution in [1.29, 1.82) is 0 Å². The second kappa shape index (κ2) is 4.63. The lowest BCUT2D eigenvalue weighted by Gasteiger charge is -2.29. The summed E-state index contributed by atoms with van der Waals surface area (Å²) >= 11 is 3.40. The maximum Gasteiger partial charge on any atom is 0.0868 e. The number of fused-ring (bicyclic) bond motifs is 1. The molecule has 17 heavy (non-hydrogen) atoms.